The van der Waals surface area contributed by atoms with Crippen LogP contribution in [0.25, 0.3) is 0 Å². The minimum absolute atomic E-state index is 0. The van der Waals surface area contributed by atoms with E-state index in [1.807, 2.05) is 60.7 Å². The van der Waals surface area contributed by atoms with Gasteiger partial charge in [0.2, 0.25) is 5.69 Å². The summed E-state index contributed by atoms with van der Waals surface area (Å²) in [6.45, 7) is 9.50. The number of nitrogens with two attached hydrogens (primary N) is 1. The van der Waals surface area contributed by atoms with Crippen LogP contribution in [0.4, 0.5) is 17.1 Å². The van der Waals surface area contributed by atoms with Gasteiger partial charge in [-0.15, -0.1) is 0 Å². The fourth-order valence-corrected chi connectivity index (χ4v) is 10.0. The minimum Gasteiger partial charge on any atom is -0.748 e. The number of fused-ring (bicyclic) bond motifs is 2. The maximum atomic E-state index is 11.5. The maximum absolute atomic E-state index is 11.5. The molecular formula is C42H48N3NaO6S3. The first-order valence-electron chi connectivity index (χ1n) is 18.3. The first-order valence-corrected chi connectivity index (χ1v) is 22.3. The van der Waals surface area contributed by atoms with Crippen LogP contribution in [0.5, 0.6) is 0 Å². The van der Waals surface area contributed by atoms with Crippen molar-refractivity contribution in [1.82, 2.24) is 0 Å². The second kappa shape index (κ2) is 17.3. The quantitative estimate of drug-likeness (QED) is 0.110. The van der Waals surface area contributed by atoms with Crippen LogP contribution in [0.3, 0.4) is 0 Å². The van der Waals surface area contributed by atoms with Crippen LogP contribution in [-0.2, 0) is 31.1 Å². The van der Waals surface area contributed by atoms with Crippen LogP contribution >= 0.6 is 11.8 Å². The Kier molecular flexibility index (Phi) is 13.6. The molecular weight excluding hydrogens is 762 g/mol. The van der Waals surface area contributed by atoms with Gasteiger partial charge in [0, 0.05) is 74.5 Å². The van der Waals surface area contributed by atoms with Crippen LogP contribution in [-0.4, -0.2) is 60.8 Å². The second-order valence-electron chi connectivity index (χ2n) is 15.2. The monoisotopic (exact) mass is 809 g/mol. The van der Waals surface area contributed by atoms with Crippen molar-refractivity contribution in [3.05, 3.63) is 130 Å². The molecule has 3 aliphatic rings. The Labute approximate surface area is 353 Å². The van der Waals surface area contributed by atoms with E-state index in [1.54, 1.807) is 11.8 Å². The molecule has 0 amide bonds. The van der Waals surface area contributed by atoms with E-state index in [0.29, 0.717) is 18.8 Å². The summed E-state index contributed by atoms with van der Waals surface area (Å²) in [5, 5.41) is 0. The van der Waals surface area contributed by atoms with Crippen molar-refractivity contribution in [3.63, 3.8) is 0 Å². The van der Waals surface area contributed by atoms with Gasteiger partial charge in [0.15, 0.2) is 5.71 Å². The van der Waals surface area contributed by atoms with Gasteiger partial charge in [-0.3, -0.25) is 0 Å². The molecule has 2 N–H and O–H groups in total. The molecule has 2 aliphatic heterocycles. The fourth-order valence-electron chi connectivity index (χ4n) is 7.93. The summed E-state index contributed by atoms with van der Waals surface area (Å²) < 4.78 is 71.2. The molecule has 1 aliphatic carbocycles. The molecule has 0 radical (unpaired) electrons. The molecule has 286 valence electrons. The van der Waals surface area contributed by atoms with Crippen molar-refractivity contribution >= 4 is 54.8 Å². The largest absolute Gasteiger partial charge is 1.00 e. The molecule has 0 saturated heterocycles. The fraction of sp³-hybridized carbons (Fsp3) is 0.357. The van der Waals surface area contributed by atoms with Crippen molar-refractivity contribution in [2.75, 3.05) is 35.2 Å². The van der Waals surface area contributed by atoms with Crippen LogP contribution in [0.15, 0.2) is 124 Å². The SMILES string of the molecule is CC1(C)C(=CC=C2CCCC(C=CC3=[N+](CCCS(=O)(=O)[O-])c4ccccc4C3(C)C)=C2Sc2ccc(N)cc2)N(CCCS(=O)(=O)[O-])c2ccccc21.[Na+]. The number of benzene rings is 3. The van der Waals surface area contributed by atoms with Gasteiger partial charge in [-0.1, -0.05) is 74.2 Å². The number of anilines is 2. The zero-order chi connectivity index (χ0) is 38.9. The molecule has 55 heavy (non-hydrogen) atoms. The summed E-state index contributed by atoms with van der Waals surface area (Å²) >= 11 is 1.70. The standard InChI is InChI=1S/C42H49N3O6S3.Na/c1-41(2)34-14-5-7-16-36(34)44(26-10-28-53(46,47)48)38(41)24-18-30-12-9-13-31(40(30)52-33-22-20-32(43)21-23-33)19-25-39-42(3,4)35-15-6-8-17-37(35)45(39)27-11-29-54(49,50)51;/h5-8,14-25H,9-13,26-29,43H2,1-4H3,(H-,46,47,48,49,50,51);/q;+1/p-1. The predicted molar refractivity (Wildman–Crippen MR) is 217 cm³/mol. The van der Waals surface area contributed by atoms with Crippen molar-refractivity contribution in [3.8, 4) is 0 Å². The molecule has 3 aromatic carbocycles. The van der Waals surface area contributed by atoms with Gasteiger partial charge >= 0.3 is 29.6 Å². The summed E-state index contributed by atoms with van der Waals surface area (Å²) in [6.07, 6.45) is 11.8. The predicted octanol–water partition coefficient (Wildman–Crippen LogP) is 4.91. The Balaban J connectivity index is 0.00000580. The molecule has 0 fully saturated rings. The van der Waals surface area contributed by atoms with E-state index < -0.39 is 31.7 Å². The zero-order valence-electron chi connectivity index (χ0n) is 32.2. The zero-order valence-corrected chi connectivity index (χ0v) is 36.7. The summed E-state index contributed by atoms with van der Waals surface area (Å²) in [6, 6.07) is 24.2. The van der Waals surface area contributed by atoms with Crippen LogP contribution < -0.4 is 40.2 Å². The number of allylic oxidation sites excluding steroid dienone is 7. The first-order chi connectivity index (χ1) is 25.5. The molecule has 0 atom stereocenters. The first kappa shape index (κ1) is 43.2. The van der Waals surface area contributed by atoms with Gasteiger partial charge in [0.1, 0.15) is 6.54 Å². The van der Waals surface area contributed by atoms with Gasteiger partial charge in [-0.05, 0) is 92.6 Å². The Bertz CT molecular complexity index is 2310. The Morgan fingerprint density at radius 3 is 2.13 bits per heavy atom. The van der Waals surface area contributed by atoms with Crippen molar-refractivity contribution < 1.29 is 60.1 Å². The molecule has 0 bridgehead atoms. The number of nitrogen functional groups attached to an aromatic ring is 1. The van der Waals surface area contributed by atoms with E-state index in [9.17, 15) is 25.9 Å². The summed E-state index contributed by atoms with van der Waals surface area (Å²) in [7, 11) is -8.67. The van der Waals surface area contributed by atoms with Crippen molar-refractivity contribution in [2.24, 2.45) is 0 Å². The van der Waals surface area contributed by atoms with E-state index in [0.717, 1.165) is 63.0 Å². The van der Waals surface area contributed by atoms with Crippen molar-refractivity contribution in [1.29, 1.82) is 0 Å². The van der Waals surface area contributed by atoms with Gasteiger partial charge < -0.3 is 19.7 Å². The second-order valence-corrected chi connectivity index (χ2v) is 19.3. The Morgan fingerprint density at radius 2 is 1.44 bits per heavy atom. The summed E-state index contributed by atoms with van der Waals surface area (Å²) in [5.74, 6) is -0.839. The number of hydrogen-bond acceptors (Lipinski definition) is 9. The van der Waals surface area contributed by atoms with Gasteiger partial charge in [-0.25, -0.2) is 16.8 Å². The smallest absolute Gasteiger partial charge is 0.748 e. The van der Waals surface area contributed by atoms with Gasteiger partial charge in [0.05, 0.1) is 25.7 Å². The number of thioether (sulfide) groups is 1. The van der Waals surface area contributed by atoms with Crippen LogP contribution in [0.2, 0.25) is 0 Å². The van der Waals surface area contributed by atoms with Gasteiger partial charge in [0.25, 0.3) is 0 Å². The number of hydrogen-bond donors (Lipinski definition) is 1. The molecule has 2 heterocycles. The minimum atomic E-state index is -4.34. The molecule has 9 nitrogen and oxygen atoms in total. The molecule has 0 spiro atoms. The maximum Gasteiger partial charge on any atom is 1.00 e. The third kappa shape index (κ3) is 9.96. The average molecular weight is 810 g/mol. The van der Waals surface area contributed by atoms with E-state index in [1.165, 1.54) is 11.1 Å². The average Bonchev–Trinajstić information content (AvgIpc) is 3.45. The van der Waals surface area contributed by atoms with Crippen molar-refractivity contribution in [2.45, 2.75) is 75.5 Å². The molecule has 0 unspecified atom stereocenters. The van der Waals surface area contributed by atoms with Crippen LogP contribution in [0, 0.1) is 0 Å². The molecule has 6 rings (SSSR count). The molecule has 0 saturated carbocycles. The Morgan fingerprint density at radius 1 is 0.800 bits per heavy atom. The molecule has 13 heteroatoms. The van der Waals surface area contributed by atoms with E-state index >= 15 is 0 Å². The normalized spacial score (nSPS) is 19.3. The van der Waals surface area contributed by atoms with Crippen LogP contribution in [0.1, 0.15) is 70.9 Å². The summed E-state index contributed by atoms with van der Waals surface area (Å²) in [5.41, 5.74) is 14.8. The van der Waals surface area contributed by atoms with E-state index in [4.69, 9.17) is 5.73 Å². The third-order valence-electron chi connectivity index (χ3n) is 10.6. The third-order valence-corrected chi connectivity index (χ3v) is 13.4. The Hall–Kier alpha value is -2.94. The topological polar surface area (TPSA) is 147 Å². The number of rotatable bonds is 13. The number of nitrogens with zero attached hydrogens (tertiary/aromatic N) is 2. The summed E-state index contributed by atoms with van der Waals surface area (Å²) in [4.78, 5) is 4.36. The van der Waals surface area contributed by atoms with E-state index in [-0.39, 0.29) is 53.2 Å². The van der Waals surface area contributed by atoms with Gasteiger partial charge in [-0.2, -0.15) is 4.58 Å². The number of para-hydroxylation sites is 2. The molecule has 0 aromatic heterocycles. The van der Waals surface area contributed by atoms with E-state index in [2.05, 4.69) is 73.6 Å². The molecule has 3 aromatic rings.